The summed E-state index contributed by atoms with van der Waals surface area (Å²) < 4.78 is 35.4. The summed E-state index contributed by atoms with van der Waals surface area (Å²) in [5.74, 6) is 0.616. The molecule has 1 aliphatic heterocycles. The molecule has 0 aromatic carbocycles. The van der Waals surface area contributed by atoms with E-state index in [1.165, 1.54) is 0 Å². The van der Waals surface area contributed by atoms with Crippen molar-refractivity contribution in [3.8, 4) is 0 Å². The normalized spacial score (nSPS) is 18.9. The van der Waals surface area contributed by atoms with Crippen LogP contribution < -0.4 is 16.0 Å². The van der Waals surface area contributed by atoms with Gasteiger partial charge in [-0.05, 0) is 0 Å². The first-order chi connectivity index (χ1) is 8.87. The quantitative estimate of drug-likeness (QED) is 0.676. The molecule has 0 aromatic rings. The van der Waals surface area contributed by atoms with Crippen molar-refractivity contribution >= 4 is 36.0 Å². The fourth-order valence-corrected chi connectivity index (χ4v) is 2.44. The highest BCUT2D eigenvalue weighted by Crippen LogP contribution is 2.12. The summed E-state index contributed by atoms with van der Waals surface area (Å²) in [6.07, 6.45) is -4.22. The molecule has 0 spiro atoms. The van der Waals surface area contributed by atoms with Gasteiger partial charge < -0.3 is 16.0 Å². The third-order valence-corrected chi connectivity index (χ3v) is 3.49. The number of nitrogens with one attached hydrogen (secondary N) is 3. The van der Waals surface area contributed by atoms with E-state index in [1.807, 2.05) is 0 Å². The van der Waals surface area contributed by atoms with Gasteiger partial charge in [0, 0.05) is 30.5 Å². The minimum Gasteiger partial charge on any atom is -0.347 e. The van der Waals surface area contributed by atoms with Gasteiger partial charge in [0.15, 0.2) is 0 Å². The molecule has 0 saturated carbocycles. The Bertz CT molecular complexity index is 325. The number of hydrogen-bond donors (Lipinski definition) is 3. The summed E-state index contributed by atoms with van der Waals surface area (Å²) in [5, 5.41) is 7.13. The summed E-state index contributed by atoms with van der Waals surface area (Å²) >= 11 is 1.73. The number of thioether (sulfide) groups is 1. The van der Waals surface area contributed by atoms with Gasteiger partial charge in [-0.15, -0.1) is 12.4 Å². The summed E-state index contributed by atoms with van der Waals surface area (Å²) in [6, 6.07) is 0.0528. The highest BCUT2D eigenvalue weighted by atomic mass is 35.5. The van der Waals surface area contributed by atoms with Gasteiger partial charge in [-0.1, -0.05) is 0 Å². The van der Waals surface area contributed by atoms with Crippen LogP contribution in [-0.2, 0) is 9.59 Å². The van der Waals surface area contributed by atoms with Gasteiger partial charge >= 0.3 is 6.18 Å². The molecule has 10 heteroatoms. The second-order valence-corrected chi connectivity index (χ2v) is 5.25. The zero-order valence-electron chi connectivity index (χ0n) is 10.6. The number of alkyl halides is 3. The molecule has 1 atom stereocenters. The topological polar surface area (TPSA) is 70.2 Å². The molecule has 2 amide bonds. The van der Waals surface area contributed by atoms with Gasteiger partial charge in [0.25, 0.3) is 0 Å². The van der Waals surface area contributed by atoms with Gasteiger partial charge in [-0.25, -0.2) is 0 Å². The molecule has 0 aliphatic carbocycles. The van der Waals surface area contributed by atoms with E-state index < -0.39 is 25.2 Å². The van der Waals surface area contributed by atoms with Gasteiger partial charge in [0.05, 0.1) is 6.54 Å². The van der Waals surface area contributed by atoms with Crippen LogP contribution in [0.4, 0.5) is 13.2 Å². The molecule has 20 heavy (non-hydrogen) atoms. The van der Waals surface area contributed by atoms with Crippen LogP contribution >= 0.6 is 24.2 Å². The van der Waals surface area contributed by atoms with E-state index in [0.717, 1.165) is 18.1 Å². The summed E-state index contributed by atoms with van der Waals surface area (Å²) in [7, 11) is 0. The third-order valence-electron chi connectivity index (χ3n) is 2.36. The SMILES string of the molecule is Cl.O=C(CNC(=O)CC1CSCCN1)NCC(F)(F)F. The molecule has 1 rings (SSSR count). The Morgan fingerprint density at radius 2 is 1.95 bits per heavy atom. The second kappa shape index (κ2) is 9.30. The Morgan fingerprint density at radius 3 is 2.50 bits per heavy atom. The van der Waals surface area contributed by atoms with Gasteiger partial charge in [-0.2, -0.15) is 24.9 Å². The average Bonchev–Trinajstić information content (AvgIpc) is 2.34. The monoisotopic (exact) mass is 335 g/mol. The van der Waals surface area contributed by atoms with E-state index >= 15 is 0 Å². The van der Waals surface area contributed by atoms with Crippen molar-refractivity contribution in [3.63, 3.8) is 0 Å². The van der Waals surface area contributed by atoms with Crippen LogP contribution in [0, 0.1) is 0 Å². The van der Waals surface area contributed by atoms with Crippen LogP contribution in [0.15, 0.2) is 0 Å². The van der Waals surface area contributed by atoms with E-state index in [4.69, 9.17) is 0 Å². The molecular weight excluding hydrogens is 319 g/mol. The minimum atomic E-state index is -4.44. The van der Waals surface area contributed by atoms with Crippen molar-refractivity contribution in [1.29, 1.82) is 0 Å². The van der Waals surface area contributed by atoms with Gasteiger partial charge in [0.1, 0.15) is 6.54 Å². The predicted octanol–water partition coefficient (Wildman–Crippen LogP) is 0.298. The standard InChI is InChI=1S/C10H16F3N3O2S.ClH/c11-10(12,13)6-16-9(18)4-15-8(17)3-7-5-19-2-1-14-7;/h7,14H,1-6H2,(H,15,17)(H,16,18);1H. The first kappa shape index (κ1) is 19.3. The highest BCUT2D eigenvalue weighted by molar-refractivity contribution is 7.99. The van der Waals surface area contributed by atoms with Gasteiger partial charge in [0.2, 0.25) is 11.8 Å². The predicted molar refractivity (Wildman–Crippen MR) is 73.1 cm³/mol. The van der Waals surface area contributed by atoms with Crippen LogP contribution in [0.25, 0.3) is 0 Å². The molecule has 1 aliphatic rings. The lowest BCUT2D eigenvalue weighted by Crippen LogP contribution is -2.44. The Labute approximate surface area is 125 Å². The first-order valence-corrected chi connectivity index (χ1v) is 6.93. The number of carbonyl (C=O) groups is 2. The highest BCUT2D eigenvalue weighted by Gasteiger charge is 2.27. The molecule has 0 bridgehead atoms. The molecule has 0 aromatic heterocycles. The van der Waals surface area contributed by atoms with Crippen molar-refractivity contribution in [2.24, 2.45) is 0 Å². The van der Waals surface area contributed by atoms with Crippen LogP contribution in [0.5, 0.6) is 0 Å². The van der Waals surface area contributed by atoms with Crippen molar-refractivity contribution in [1.82, 2.24) is 16.0 Å². The lowest BCUT2D eigenvalue weighted by Gasteiger charge is -2.22. The zero-order valence-corrected chi connectivity index (χ0v) is 12.2. The Morgan fingerprint density at radius 1 is 1.25 bits per heavy atom. The minimum absolute atomic E-state index is 0. The molecule has 1 unspecified atom stereocenters. The fourth-order valence-electron chi connectivity index (χ4n) is 1.49. The van der Waals surface area contributed by atoms with E-state index in [9.17, 15) is 22.8 Å². The molecule has 1 saturated heterocycles. The molecule has 1 fully saturated rings. The average molecular weight is 336 g/mol. The second-order valence-electron chi connectivity index (χ2n) is 4.10. The molecule has 1 heterocycles. The van der Waals surface area contributed by atoms with Crippen LogP contribution in [-0.4, -0.2) is 55.2 Å². The number of carbonyl (C=O) groups excluding carboxylic acids is 2. The van der Waals surface area contributed by atoms with Crippen LogP contribution in [0.2, 0.25) is 0 Å². The van der Waals surface area contributed by atoms with Crippen LogP contribution in [0.3, 0.4) is 0 Å². The lowest BCUT2D eigenvalue weighted by atomic mass is 10.2. The summed E-state index contributed by atoms with van der Waals surface area (Å²) in [5.41, 5.74) is 0. The number of rotatable bonds is 5. The number of amides is 2. The molecule has 0 radical (unpaired) electrons. The lowest BCUT2D eigenvalue weighted by molar-refractivity contribution is -0.138. The maximum Gasteiger partial charge on any atom is 0.405 e. The molecule has 5 nitrogen and oxygen atoms in total. The Balaban J connectivity index is 0.00000361. The smallest absolute Gasteiger partial charge is 0.347 e. The van der Waals surface area contributed by atoms with Crippen molar-refractivity contribution in [3.05, 3.63) is 0 Å². The Kier molecular flexibility index (Phi) is 8.99. The van der Waals surface area contributed by atoms with Crippen molar-refractivity contribution < 1.29 is 22.8 Å². The first-order valence-electron chi connectivity index (χ1n) is 5.78. The third kappa shape index (κ3) is 9.27. The summed E-state index contributed by atoms with van der Waals surface area (Å²) in [4.78, 5) is 22.5. The van der Waals surface area contributed by atoms with Gasteiger partial charge in [-0.3, -0.25) is 9.59 Å². The fraction of sp³-hybridized carbons (Fsp3) is 0.800. The number of halogens is 4. The van der Waals surface area contributed by atoms with Crippen molar-refractivity contribution in [2.45, 2.75) is 18.6 Å². The maximum atomic E-state index is 11.8. The van der Waals surface area contributed by atoms with E-state index in [1.54, 1.807) is 17.1 Å². The molecule has 3 N–H and O–H groups in total. The van der Waals surface area contributed by atoms with E-state index in [2.05, 4.69) is 10.6 Å². The van der Waals surface area contributed by atoms with Crippen molar-refractivity contribution in [2.75, 3.05) is 31.1 Å². The zero-order chi connectivity index (χ0) is 14.3. The maximum absolute atomic E-state index is 11.8. The Hall–Kier alpha value is -0.670. The van der Waals surface area contributed by atoms with E-state index in [-0.39, 0.29) is 30.8 Å². The molecular formula is C10H17ClF3N3O2S. The van der Waals surface area contributed by atoms with Crippen LogP contribution in [0.1, 0.15) is 6.42 Å². The number of hydrogen-bond acceptors (Lipinski definition) is 4. The molecule has 118 valence electrons. The summed E-state index contributed by atoms with van der Waals surface area (Å²) in [6.45, 7) is -0.994. The van der Waals surface area contributed by atoms with E-state index in [0.29, 0.717) is 0 Å². The largest absolute Gasteiger partial charge is 0.405 e.